The molecule has 162 valence electrons. The van der Waals surface area contributed by atoms with Crippen molar-refractivity contribution in [3.8, 4) is 11.5 Å². The van der Waals surface area contributed by atoms with Crippen LogP contribution in [0.1, 0.15) is 32.3 Å². The summed E-state index contributed by atoms with van der Waals surface area (Å²) in [5.74, 6) is 0.691. The Hall–Kier alpha value is -3.49. The Morgan fingerprint density at radius 2 is 1.80 bits per heavy atom. The molecule has 0 fully saturated rings. The minimum absolute atomic E-state index is 0.0242. The first-order valence-corrected chi connectivity index (χ1v) is 9.71. The highest BCUT2D eigenvalue weighted by Gasteiger charge is 2.21. The van der Waals surface area contributed by atoms with E-state index in [1.54, 1.807) is 31.2 Å². The van der Waals surface area contributed by atoms with Gasteiger partial charge in [0.25, 0.3) is 11.5 Å². The lowest BCUT2D eigenvalue weighted by Crippen LogP contribution is -2.40. The Morgan fingerprint density at radius 1 is 1.17 bits per heavy atom. The number of H-pyrrole nitrogens is 1. The van der Waals surface area contributed by atoms with Crippen LogP contribution in [0, 0.1) is 0 Å². The van der Waals surface area contributed by atoms with Gasteiger partial charge in [-0.3, -0.25) is 19.1 Å². The third kappa shape index (κ3) is 5.11. The molecule has 1 aromatic carbocycles. The number of methoxy groups -OCH3 is 2. The largest absolute Gasteiger partial charge is 0.497 e. The predicted molar refractivity (Wildman–Crippen MR) is 117 cm³/mol. The summed E-state index contributed by atoms with van der Waals surface area (Å²) in [5, 5.41) is 0. The van der Waals surface area contributed by atoms with Crippen LogP contribution in [0.15, 0.2) is 33.9 Å². The monoisotopic (exact) mass is 416 g/mol. The van der Waals surface area contributed by atoms with Gasteiger partial charge in [0.15, 0.2) is 5.69 Å². The zero-order valence-electron chi connectivity index (χ0n) is 17.7. The van der Waals surface area contributed by atoms with Crippen molar-refractivity contribution in [1.82, 2.24) is 9.55 Å². The summed E-state index contributed by atoms with van der Waals surface area (Å²) in [6.45, 7) is 4.26. The number of unbranched alkanes of at least 4 members (excludes halogenated alkanes) is 1. The quantitative estimate of drug-likeness (QED) is 0.604. The number of nitrogens with two attached hydrogens (primary N) is 1. The number of amides is 1. The van der Waals surface area contributed by atoms with Gasteiger partial charge in [0, 0.05) is 25.2 Å². The number of benzene rings is 1. The van der Waals surface area contributed by atoms with E-state index in [1.165, 1.54) is 29.8 Å². The first kappa shape index (κ1) is 22.8. The van der Waals surface area contributed by atoms with Crippen LogP contribution in [0.4, 0.5) is 11.5 Å². The molecule has 0 unspecified atom stereocenters. The van der Waals surface area contributed by atoms with Gasteiger partial charge >= 0.3 is 5.69 Å². The minimum Gasteiger partial charge on any atom is -0.497 e. The first-order valence-electron chi connectivity index (χ1n) is 9.71. The zero-order chi connectivity index (χ0) is 22.3. The maximum absolute atomic E-state index is 12.9. The molecule has 0 saturated carbocycles. The number of hydrogen-bond donors (Lipinski definition) is 2. The molecule has 2 rings (SSSR count). The van der Waals surface area contributed by atoms with Gasteiger partial charge in [0.1, 0.15) is 17.3 Å². The molecule has 0 aliphatic heterocycles. The molecule has 9 heteroatoms. The third-order valence-electron chi connectivity index (χ3n) is 4.59. The average Bonchev–Trinajstić information content (AvgIpc) is 2.74. The number of carbonyl (C=O) groups excluding carboxylic acids is 1. The molecule has 0 bridgehead atoms. The standard InChI is InChI=1S/C21H28N4O5/c1-5-7-10-25-19(22)18(20(27)23-21(25)28)24(6-2)17(26)9-8-14-11-15(29-3)13-16(12-14)30-4/h8-9,11-13H,5-7,10,22H2,1-4H3,(H,23,27,28)/b9-8+. The van der Waals surface area contributed by atoms with E-state index in [1.807, 2.05) is 6.92 Å². The molecule has 3 N–H and O–H groups in total. The fraction of sp³-hybridized carbons (Fsp3) is 0.381. The fourth-order valence-corrected chi connectivity index (χ4v) is 2.98. The minimum atomic E-state index is -0.697. The summed E-state index contributed by atoms with van der Waals surface area (Å²) in [6, 6.07) is 5.21. The molecule has 0 aliphatic carbocycles. The van der Waals surface area contributed by atoms with Crippen molar-refractivity contribution < 1.29 is 14.3 Å². The van der Waals surface area contributed by atoms with Gasteiger partial charge in [0.2, 0.25) is 0 Å². The highest BCUT2D eigenvalue weighted by molar-refractivity contribution is 6.05. The molecule has 1 heterocycles. The lowest BCUT2D eigenvalue weighted by Gasteiger charge is -2.22. The Morgan fingerprint density at radius 3 is 2.33 bits per heavy atom. The van der Waals surface area contributed by atoms with E-state index in [0.29, 0.717) is 30.0 Å². The van der Waals surface area contributed by atoms with E-state index in [9.17, 15) is 14.4 Å². The number of nitrogen functional groups attached to an aromatic ring is 1. The molecule has 0 saturated heterocycles. The first-order chi connectivity index (χ1) is 14.4. The second kappa shape index (κ2) is 10.3. The van der Waals surface area contributed by atoms with Crippen LogP contribution in [-0.2, 0) is 11.3 Å². The maximum Gasteiger partial charge on any atom is 0.330 e. The zero-order valence-corrected chi connectivity index (χ0v) is 17.7. The number of nitrogens with zero attached hydrogens (tertiary/aromatic N) is 2. The van der Waals surface area contributed by atoms with Crippen LogP contribution in [0.3, 0.4) is 0 Å². The fourth-order valence-electron chi connectivity index (χ4n) is 2.98. The number of likely N-dealkylation sites (N-methyl/N-ethyl adjacent to an activating group) is 1. The van der Waals surface area contributed by atoms with Crippen molar-refractivity contribution in [3.05, 3.63) is 50.7 Å². The van der Waals surface area contributed by atoms with E-state index < -0.39 is 17.2 Å². The molecule has 1 aromatic heterocycles. The highest BCUT2D eigenvalue weighted by Crippen LogP contribution is 2.23. The van der Waals surface area contributed by atoms with Crippen molar-refractivity contribution in [1.29, 1.82) is 0 Å². The Balaban J connectivity index is 2.41. The van der Waals surface area contributed by atoms with Crippen LogP contribution in [0.25, 0.3) is 6.08 Å². The van der Waals surface area contributed by atoms with Gasteiger partial charge in [-0.1, -0.05) is 13.3 Å². The second-order valence-electron chi connectivity index (χ2n) is 6.56. The van der Waals surface area contributed by atoms with Gasteiger partial charge in [-0.2, -0.15) is 0 Å². The Bertz CT molecular complexity index is 1020. The summed E-state index contributed by atoms with van der Waals surface area (Å²) in [6.07, 6.45) is 4.49. The van der Waals surface area contributed by atoms with E-state index in [4.69, 9.17) is 15.2 Å². The van der Waals surface area contributed by atoms with Crippen LogP contribution in [0.2, 0.25) is 0 Å². The average molecular weight is 416 g/mol. The number of anilines is 2. The highest BCUT2D eigenvalue weighted by atomic mass is 16.5. The maximum atomic E-state index is 12.9. The topological polar surface area (TPSA) is 120 Å². The van der Waals surface area contributed by atoms with Gasteiger partial charge in [-0.15, -0.1) is 0 Å². The second-order valence-corrected chi connectivity index (χ2v) is 6.56. The molecule has 0 atom stereocenters. The molecule has 1 amide bonds. The van der Waals surface area contributed by atoms with E-state index >= 15 is 0 Å². The van der Waals surface area contributed by atoms with Crippen molar-refractivity contribution in [2.45, 2.75) is 33.2 Å². The lowest BCUT2D eigenvalue weighted by molar-refractivity contribution is -0.114. The summed E-state index contributed by atoms with van der Waals surface area (Å²) in [7, 11) is 3.07. The molecule has 0 spiro atoms. The molecular formula is C21H28N4O5. The number of aromatic amines is 1. The lowest BCUT2D eigenvalue weighted by atomic mass is 10.2. The third-order valence-corrected chi connectivity index (χ3v) is 4.59. The van der Waals surface area contributed by atoms with Gasteiger partial charge < -0.3 is 20.1 Å². The molecule has 0 radical (unpaired) electrons. The summed E-state index contributed by atoms with van der Waals surface area (Å²) >= 11 is 0. The molecule has 2 aromatic rings. The van der Waals surface area contributed by atoms with Crippen LogP contribution in [-0.4, -0.2) is 36.2 Å². The van der Waals surface area contributed by atoms with Crippen molar-refractivity contribution >= 4 is 23.5 Å². The van der Waals surface area contributed by atoms with Crippen LogP contribution in [0.5, 0.6) is 11.5 Å². The van der Waals surface area contributed by atoms with Crippen LogP contribution >= 0.6 is 0 Å². The van der Waals surface area contributed by atoms with Crippen LogP contribution < -0.4 is 31.4 Å². The van der Waals surface area contributed by atoms with E-state index in [2.05, 4.69) is 4.98 Å². The van der Waals surface area contributed by atoms with Crippen molar-refractivity contribution in [3.63, 3.8) is 0 Å². The summed E-state index contributed by atoms with van der Waals surface area (Å²) < 4.78 is 11.7. The van der Waals surface area contributed by atoms with Crippen molar-refractivity contribution in [2.75, 3.05) is 31.4 Å². The normalized spacial score (nSPS) is 10.9. The number of hydrogen-bond acceptors (Lipinski definition) is 6. The van der Waals surface area contributed by atoms with Gasteiger partial charge in [-0.25, -0.2) is 4.79 Å². The molecule has 30 heavy (non-hydrogen) atoms. The van der Waals surface area contributed by atoms with Gasteiger partial charge in [-0.05, 0) is 37.1 Å². The van der Waals surface area contributed by atoms with E-state index in [-0.39, 0.29) is 18.1 Å². The number of carbonyl (C=O) groups is 1. The number of nitrogens with one attached hydrogen (secondary N) is 1. The predicted octanol–water partition coefficient (Wildman–Crippen LogP) is 2.00. The molecule has 9 nitrogen and oxygen atoms in total. The number of rotatable bonds is 9. The molecule has 0 aliphatic rings. The molecular weight excluding hydrogens is 388 g/mol. The smallest absolute Gasteiger partial charge is 0.330 e. The van der Waals surface area contributed by atoms with Crippen molar-refractivity contribution in [2.24, 2.45) is 0 Å². The summed E-state index contributed by atoms with van der Waals surface area (Å²) in [5.41, 5.74) is 5.48. The SMILES string of the molecule is CCCCn1c(N)c(N(CC)C(=O)/C=C/c2cc(OC)cc(OC)c2)c(=O)[nH]c1=O. The van der Waals surface area contributed by atoms with E-state index in [0.717, 1.165) is 6.42 Å². The summed E-state index contributed by atoms with van der Waals surface area (Å²) in [4.78, 5) is 40.9. The Labute approximate surface area is 174 Å². The number of aromatic nitrogens is 2. The number of ether oxygens (including phenoxy) is 2. The Kier molecular flexibility index (Phi) is 7.85. The van der Waals surface area contributed by atoms with Gasteiger partial charge in [0.05, 0.1) is 14.2 Å².